The molecule has 1 aliphatic carbocycles. The van der Waals surface area contributed by atoms with E-state index in [-0.39, 0.29) is 5.78 Å². The van der Waals surface area contributed by atoms with Crippen molar-refractivity contribution in [2.45, 2.75) is 25.8 Å². The van der Waals surface area contributed by atoms with E-state index in [1.165, 1.54) is 18.4 Å². The molecule has 1 fully saturated rings. The quantitative estimate of drug-likeness (QED) is 0.762. The minimum Gasteiger partial charge on any atom is -0.344 e. The molecule has 1 heterocycles. The Morgan fingerprint density at radius 3 is 2.81 bits per heavy atom. The molecule has 0 spiro atoms. The molecule has 0 bridgehead atoms. The van der Waals surface area contributed by atoms with Crippen LogP contribution in [0.4, 0.5) is 0 Å². The predicted octanol–water partition coefficient (Wildman–Crippen LogP) is 3.94. The van der Waals surface area contributed by atoms with Crippen molar-refractivity contribution in [2.75, 3.05) is 0 Å². The fourth-order valence-electron chi connectivity index (χ4n) is 2.19. The molecule has 0 amide bonds. The molecular weight excluding hydrogens is 266 g/mol. The normalized spacial score (nSPS) is 15.6. The zero-order chi connectivity index (χ0) is 11.3. The van der Waals surface area contributed by atoms with Crippen molar-refractivity contribution >= 4 is 32.6 Å². The summed E-state index contributed by atoms with van der Waals surface area (Å²) in [6.07, 6.45) is 4.47. The lowest BCUT2D eigenvalue weighted by Crippen LogP contribution is -1.91. The molecule has 0 saturated heterocycles. The molecule has 2 nitrogen and oxygen atoms in total. The van der Waals surface area contributed by atoms with Crippen molar-refractivity contribution < 1.29 is 4.79 Å². The Morgan fingerprint density at radius 2 is 2.19 bits per heavy atom. The molecule has 0 aliphatic heterocycles. The number of Topliss-reactive ketones (excluding diaryl/α,β-unsaturated/α-hetero) is 1. The molecule has 1 aliphatic rings. The van der Waals surface area contributed by atoms with Crippen LogP contribution >= 0.6 is 15.9 Å². The standard InChI is InChI=1S/C13H12BrNO/c1-8(16)10-7-15(9-5-6-9)12-4-2-3-11(14)13(10)12/h2-4,7,9H,5-6H2,1H3. The highest BCUT2D eigenvalue weighted by Gasteiger charge is 2.26. The second-order valence-corrected chi connectivity index (χ2v) is 5.23. The first-order valence-corrected chi connectivity index (χ1v) is 6.28. The zero-order valence-corrected chi connectivity index (χ0v) is 10.6. The summed E-state index contributed by atoms with van der Waals surface area (Å²) in [7, 11) is 0. The van der Waals surface area contributed by atoms with Gasteiger partial charge in [0.25, 0.3) is 0 Å². The number of benzene rings is 1. The smallest absolute Gasteiger partial charge is 0.161 e. The molecule has 3 rings (SSSR count). The predicted molar refractivity (Wildman–Crippen MR) is 67.9 cm³/mol. The summed E-state index contributed by atoms with van der Waals surface area (Å²) < 4.78 is 3.26. The zero-order valence-electron chi connectivity index (χ0n) is 9.03. The van der Waals surface area contributed by atoms with Crippen LogP contribution in [0.15, 0.2) is 28.9 Å². The first kappa shape index (κ1) is 10.1. The summed E-state index contributed by atoms with van der Waals surface area (Å²) in [5, 5.41) is 1.06. The van der Waals surface area contributed by atoms with Crippen molar-refractivity contribution in [3.63, 3.8) is 0 Å². The number of carbonyl (C=O) groups excluding carboxylic acids is 1. The van der Waals surface area contributed by atoms with Gasteiger partial charge in [-0.3, -0.25) is 4.79 Å². The maximum Gasteiger partial charge on any atom is 0.161 e. The number of carbonyl (C=O) groups is 1. The fourth-order valence-corrected chi connectivity index (χ4v) is 2.76. The number of halogens is 1. The van der Waals surface area contributed by atoms with Gasteiger partial charge in [-0.2, -0.15) is 0 Å². The van der Waals surface area contributed by atoms with Gasteiger partial charge in [-0.25, -0.2) is 0 Å². The number of rotatable bonds is 2. The summed E-state index contributed by atoms with van der Waals surface area (Å²) in [5.74, 6) is 0.135. The number of hydrogen-bond acceptors (Lipinski definition) is 1. The van der Waals surface area contributed by atoms with Crippen LogP contribution in [-0.2, 0) is 0 Å². The maximum absolute atomic E-state index is 11.6. The lowest BCUT2D eigenvalue weighted by Gasteiger charge is -2.01. The monoisotopic (exact) mass is 277 g/mol. The second-order valence-electron chi connectivity index (χ2n) is 4.37. The number of ketones is 1. The molecule has 1 saturated carbocycles. The fraction of sp³-hybridized carbons (Fsp3) is 0.308. The average molecular weight is 278 g/mol. The molecule has 0 atom stereocenters. The topological polar surface area (TPSA) is 22.0 Å². The minimum absolute atomic E-state index is 0.135. The van der Waals surface area contributed by atoms with Gasteiger partial charge in [0.1, 0.15) is 0 Å². The van der Waals surface area contributed by atoms with E-state index in [0.717, 1.165) is 15.4 Å². The highest BCUT2D eigenvalue weighted by atomic mass is 79.9. The summed E-state index contributed by atoms with van der Waals surface area (Å²) in [6, 6.07) is 6.71. The van der Waals surface area contributed by atoms with E-state index in [2.05, 4.69) is 26.6 Å². The summed E-state index contributed by atoms with van der Waals surface area (Å²) in [6.45, 7) is 1.63. The van der Waals surface area contributed by atoms with E-state index in [1.54, 1.807) is 6.92 Å². The van der Waals surface area contributed by atoms with Crippen LogP contribution in [0, 0.1) is 0 Å². The van der Waals surface area contributed by atoms with Gasteiger partial charge in [0, 0.05) is 27.7 Å². The summed E-state index contributed by atoms with van der Waals surface area (Å²) in [5.41, 5.74) is 2.00. The lowest BCUT2D eigenvalue weighted by molar-refractivity contribution is 0.101. The van der Waals surface area contributed by atoms with E-state index in [1.807, 2.05) is 18.3 Å². The Morgan fingerprint density at radius 1 is 1.44 bits per heavy atom. The van der Waals surface area contributed by atoms with Crippen LogP contribution in [0.5, 0.6) is 0 Å². The first-order chi connectivity index (χ1) is 7.68. The highest BCUT2D eigenvalue weighted by molar-refractivity contribution is 9.10. The van der Waals surface area contributed by atoms with Gasteiger partial charge in [-0.15, -0.1) is 0 Å². The van der Waals surface area contributed by atoms with E-state index in [0.29, 0.717) is 6.04 Å². The molecule has 3 heteroatoms. The second kappa shape index (κ2) is 3.45. The Kier molecular flexibility index (Phi) is 2.18. The third kappa shape index (κ3) is 1.42. The number of aromatic nitrogens is 1. The van der Waals surface area contributed by atoms with Crippen molar-refractivity contribution in [3.8, 4) is 0 Å². The van der Waals surface area contributed by atoms with E-state index in [9.17, 15) is 4.79 Å². The van der Waals surface area contributed by atoms with Gasteiger partial charge in [-0.05, 0) is 31.9 Å². The molecule has 0 N–H and O–H groups in total. The van der Waals surface area contributed by atoms with Crippen molar-refractivity contribution in [1.29, 1.82) is 0 Å². The largest absolute Gasteiger partial charge is 0.344 e. The van der Waals surface area contributed by atoms with Crippen molar-refractivity contribution in [2.24, 2.45) is 0 Å². The van der Waals surface area contributed by atoms with Crippen LogP contribution in [0.2, 0.25) is 0 Å². The van der Waals surface area contributed by atoms with Gasteiger partial charge < -0.3 is 4.57 Å². The molecule has 1 aromatic heterocycles. The molecule has 2 aromatic rings. The molecule has 1 aromatic carbocycles. The van der Waals surface area contributed by atoms with Crippen molar-refractivity contribution in [3.05, 3.63) is 34.4 Å². The maximum atomic E-state index is 11.6. The van der Waals surface area contributed by atoms with E-state index < -0.39 is 0 Å². The van der Waals surface area contributed by atoms with Crippen LogP contribution in [0.1, 0.15) is 36.2 Å². The van der Waals surface area contributed by atoms with Gasteiger partial charge >= 0.3 is 0 Å². The van der Waals surface area contributed by atoms with Crippen LogP contribution < -0.4 is 0 Å². The van der Waals surface area contributed by atoms with Crippen LogP contribution in [-0.4, -0.2) is 10.4 Å². The third-order valence-electron chi connectivity index (χ3n) is 3.13. The Hall–Kier alpha value is -1.09. The average Bonchev–Trinajstić information content (AvgIpc) is 2.99. The van der Waals surface area contributed by atoms with Gasteiger partial charge in [0.2, 0.25) is 0 Å². The van der Waals surface area contributed by atoms with Gasteiger partial charge in [0.15, 0.2) is 5.78 Å². The molecule has 0 unspecified atom stereocenters. The molecule has 0 radical (unpaired) electrons. The Balaban J connectivity index is 2.37. The van der Waals surface area contributed by atoms with Gasteiger partial charge in [0.05, 0.1) is 5.52 Å². The molecular formula is C13H12BrNO. The Labute approximate surface area is 102 Å². The molecule has 16 heavy (non-hydrogen) atoms. The number of fused-ring (bicyclic) bond motifs is 1. The van der Waals surface area contributed by atoms with Crippen LogP contribution in [0.3, 0.4) is 0 Å². The SMILES string of the molecule is CC(=O)c1cn(C2CC2)c2cccc(Br)c12. The summed E-state index contributed by atoms with van der Waals surface area (Å²) >= 11 is 3.53. The third-order valence-corrected chi connectivity index (χ3v) is 3.79. The van der Waals surface area contributed by atoms with E-state index in [4.69, 9.17) is 0 Å². The van der Waals surface area contributed by atoms with Crippen LogP contribution in [0.25, 0.3) is 10.9 Å². The minimum atomic E-state index is 0.135. The Bertz CT molecular complexity index is 581. The highest BCUT2D eigenvalue weighted by Crippen LogP contribution is 2.40. The summed E-state index contributed by atoms with van der Waals surface area (Å²) in [4.78, 5) is 11.6. The van der Waals surface area contributed by atoms with Crippen molar-refractivity contribution in [1.82, 2.24) is 4.57 Å². The lowest BCUT2D eigenvalue weighted by atomic mass is 10.1. The van der Waals surface area contributed by atoms with E-state index >= 15 is 0 Å². The number of hydrogen-bond donors (Lipinski definition) is 0. The number of nitrogens with zero attached hydrogens (tertiary/aromatic N) is 1. The first-order valence-electron chi connectivity index (χ1n) is 5.48. The van der Waals surface area contributed by atoms with Gasteiger partial charge in [-0.1, -0.05) is 22.0 Å². The molecule has 82 valence electrons.